The van der Waals surface area contributed by atoms with Crippen LogP contribution in [-0.2, 0) is 43.5 Å². The molecular weight excluding hydrogens is 1630 g/mol. The molecule has 8 aromatic carbocycles. The van der Waals surface area contributed by atoms with E-state index in [1.165, 1.54) is 62.1 Å². The van der Waals surface area contributed by atoms with Crippen molar-refractivity contribution < 1.29 is 97.3 Å². The summed E-state index contributed by atoms with van der Waals surface area (Å²) in [6, 6.07) is 43.3. The van der Waals surface area contributed by atoms with Crippen LogP contribution in [0.15, 0.2) is 191 Å². The lowest BCUT2D eigenvalue weighted by Gasteiger charge is -2.36. The molecule has 3 saturated carbocycles. The van der Waals surface area contributed by atoms with Gasteiger partial charge >= 0.3 is 35.8 Å². The van der Waals surface area contributed by atoms with Gasteiger partial charge in [-0.05, 0) is 250 Å². The number of hydrogen-bond acceptors (Lipinski definition) is 21. The van der Waals surface area contributed by atoms with Gasteiger partial charge in [0.2, 0.25) is 0 Å². The van der Waals surface area contributed by atoms with Gasteiger partial charge < -0.3 is 68.5 Å². The summed E-state index contributed by atoms with van der Waals surface area (Å²) in [6.45, 7) is 34.4. The van der Waals surface area contributed by atoms with Gasteiger partial charge in [0.05, 0.1) is 26.4 Å². The average Bonchev–Trinajstić information content (AvgIpc) is 1.71. The van der Waals surface area contributed by atoms with Crippen molar-refractivity contribution in [3.8, 4) is 34.5 Å². The Hall–Kier alpha value is -11.7. The highest BCUT2D eigenvalue weighted by atomic mass is 32.2. The average molecular weight is 1750 g/mol. The van der Waals surface area contributed by atoms with Crippen LogP contribution in [0.25, 0.3) is 47.2 Å². The Balaban J connectivity index is 0.000000173. The lowest BCUT2D eigenvalue weighted by Crippen LogP contribution is -2.40. The minimum atomic E-state index is -0.641. The van der Waals surface area contributed by atoms with Gasteiger partial charge in [0, 0.05) is 25.0 Å². The number of esters is 6. The maximum atomic E-state index is 12.9. The van der Waals surface area contributed by atoms with Crippen molar-refractivity contribution in [2.24, 2.45) is 0 Å². The molecule has 676 valence electrons. The maximum Gasteiger partial charge on any atom is 0.342 e. The molecule has 0 aromatic heterocycles. The number of ether oxygens (including phenoxy) is 8. The number of fused-ring (bicyclic) bond motifs is 1. The second-order valence-corrected chi connectivity index (χ2v) is 34.3. The summed E-state index contributed by atoms with van der Waals surface area (Å²) in [6.07, 6.45) is 33.2. The Kier molecular flexibility index (Phi) is 36.9. The lowest BCUT2D eigenvalue weighted by molar-refractivity contribution is -0.0812. The fourth-order valence-corrected chi connectivity index (χ4v) is 18.0. The molecule has 6 fully saturated rings. The molecule has 127 heavy (non-hydrogen) atoms. The third-order valence-corrected chi connectivity index (χ3v) is 26.4. The van der Waals surface area contributed by atoms with Gasteiger partial charge in [-0.3, -0.25) is 0 Å². The number of carbonyl (C=O) groups excluding carboxylic acids is 6. The molecule has 0 amide bonds. The summed E-state index contributed by atoms with van der Waals surface area (Å²) in [5.41, 5.74) is 4.10. The number of benzene rings is 8. The summed E-state index contributed by atoms with van der Waals surface area (Å²) in [5.74, 6) is -1.32. The van der Waals surface area contributed by atoms with Gasteiger partial charge in [-0.1, -0.05) is 209 Å². The predicted molar refractivity (Wildman–Crippen MR) is 504 cm³/mol. The van der Waals surface area contributed by atoms with E-state index in [0.717, 1.165) is 170 Å². The Morgan fingerprint density at radius 2 is 0.598 bits per heavy atom. The zero-order chi connectivity index (χ0) is 91.8. The molecule has 20 nitrogen and oxygen atoms in total. The van der Waals surface area contributed by atoms with E-state index in [1.807, 2.05) is 32.9 Å². The molecule has 2 atom stereocenters. The van der Waals surface area contributed by atoms with Crippen molar-refractivity contribution in [1.82, 2.24) is 0 Å². The monoisotopic (exact) mass is 1750 g/mol. The van der Waals surface area contributed by atoms with Gasteiger partial charge in [-0.2, -0.15) is 11.8 Å². The minimum absolute atomic E-state index is 0.0345. The van der Waals surface area contributed by atoms with Gasteiger partial charge in [-0.25, -0.2) is 28.8 Å². The number of carbonyl (C=O) groups is 6. The number of thioether (sulfide) groups is 1. The number of aromatic hydroxyl groups is 6. The molecule has 3 aliphatic heterocycles. The summed E-state index contributed by atoms with van der Waals surface area (Å²) in [7, 11) is 0. The fourth-order valence-electron chi connectivity index (χ4n) is 16.5. The van der Waals surface area contributed by atoms with Crippen LogP contribution in [0.3, 0.4) is 0 Å². The second kappa shape index (κ2) is 47.2. The van der Waals surface area contributed by atoms with Crippen molar-refractivity contribution in [1.29, 1.82) is 0 Å². The van der Waals surface area contributed by atoms with E-state index in [9.17, 15) is 59.4 Å². The summed E-state index contributed by atoms with van der Waals surface area (Å²) in [5, 5.41) is 61.6. The van der Waals surface area contributed by atoms with E-state index in [0.29, 0.717) is 52.1 Å². The molecule has 0 spiro atoms. The molecule has 0 radical (unpaired) electrons. The first kappa shape index (κ1) is 99.1. The highest BCUT2D eigenvalue weighted by molar-refractivity contribution is 7.99. The summed E-state index contributed by atoms with van der Waals surface area (Å²) >= 11 is 1.80. The zero-order valence-electron chi connectivity index (χ0n) is 74.4. The van der Waals surface area contributed by atoms with Crippen LogP contribution < -0.4 is 0 Å². The van der Waals surface area contributed by atoms with Crippen LogP contribution in [0.4, 0.5) is 0 Å². The molecule has 8 aromatic rings. The second-order valence-electron chi connectivity index (χ2n) is 33.2. The molecule has 3 aliphatic carbocycles. The first-order chi connectivity index (χ1) is 61.1. The SMILES string of the molecule is C=Cc1ccc(O)c(C(=O)OC2(CC)CCCCC2)c1.C=Cc1ccc(O)c(C(=O)OC2(CC)CCCCCCC2)c1.C=Cc1ccc(O)c(C(=O)OC2(CC)CCOC2)c1.C=Cc1ccc(O)c(C(=O)OC2(CC)CCOCC2)c1.C=Cc1ccc(O)c(C(=O)OC2(CC)CCSC2)c1.C=Cc1ccc(O)c(C(=O)OC2(c3ccc4ccccc4c3)CCCC2)c1. The molecule has 21 heteroatoms. The summed E-state index contributed by atoms with van der Waals surface area (Å²) in [4.78, 5) is 74.5. The third-order valence-electron chi connectivity index (χ3n) is 25.2. The Labute approximate surface area is 752 Å². The van der Waals surface area contributed by atoms with Gasteiger partial charge in [0.25, 0.3) is 0 Å². The topological polar surface area (TPSA) is 298 Å². The Morgan fingerprint density at radius 1 is 0.315 bits per heavy atom. The largest absolute Gasteiger partial charge is 0.507 e. The van der Waals surface area contributed by atoms with Crippen molar-refractivity contribution in [3.05, 3.63) is 263 Å². The van der Waals surface area contributed by atoms with Crippen molar-refractivity contribution in [2.45, 2.75) is 229 Å². The zero-order valence-corrected chi connectivity index (χ0v) is 75.2. The standard InChI is InChI=1S/C24H22O3.C19H26O3.C17H22O3.C16H20O4.C15H18O4.C15H18O3S/c1-2-17-9-12-22(25)21(15-17)23(26)27-24(13-5-6-14-24)20-11-10-18-7-3-4-8-19(18)16-20;1-3-15-10-11-17(20)16(14-15)18(21)22-19(4-2)12-8-6-5-7-9-13-19;1-3-13-8-9-15(18)14(12-13)16(19)20-17(4-2)10-6-5-7-11-17;1-3-12-5-6-14(17)13(11-12)15(18)20-16(4-2)7-9-19-10-8-16;1-3-11-5-6-13(16)12(9-11)14(17)19-15(4-2)7-8-18-10-15;1-3-11-5-6-13(16)12(9-11)14(17)18-15(4-2)7-8-19-10-15/h2-4,7-12,15-16,25H,1,5-6,13-14H2;3,10-11,14,20H,1,4-9,12-13H2,2H3;3,8-9,12,18H,1,4-7,10-11H2,2H3;3,5-6,11,17H,1,4,7-10H2,2H3;2*3,5-6,9,16H,1,4,7-8,10H2,2H3. The van der Waals surface area contributed by atoms with Gasteiger partial charge in [0.1, 0.15) is 101 Å². The number of hydrogen-bond donors (Lipinski definition) is 6. The third kappa shape index (κ3) is 26.7. The smallest absolute Gasteiger partial charge is 0.342 e. The first-order valence-electron chi connectivity index (χ1n) is 44.5. The van der Waals surface area contributed by atoms with E-state index < -0.39 is 52.6 Å². The molecule has 3 heterocycles. The van der Waals surface area contributed by atoms with E-state index in [4.69, 9.17) is 37.9 Å². The normalized spacial score (nSPS) is 18.6. The molecular formula is C106H126O20S. The van der Waals surface area contributed by atoms with Crippen LogP contribution in [0, 0.1) is 0 Å². The lowest BCUT2D eigenvalue weighted by atomic mass is 9.82. The van der Waals surface area contributed by atoms with Gasteiger partial charge in [0.15, 0.2) is 0 Å². The Bertz CT molecular complexity index is 4950. The van der Waals surface area contributed by atoms with Crippen LogP contribution in [0.1, 0.15) is 296 Å². The molecule has 3 saturated heterocycles. The van der Waals surface area contributed by atoms with Crippen LogP contribution in [-0.4, -0.2) is 132 Å². The minimum Gasteiger partial charge on any atom is -0.507 e. The molecule has 14 rings (SSSR count). The summed E-state index contributed by atoms with van der Waals surface area (Å²) < 4.78 is 45.3. The number of phenols is 6. The van der Waals surface area contributed by atoms with E-state index in [2.05, 4.69) is 83.7 Å². The number of phenolic OH excluding ortho intramolecular Hbond substituents is 6. The highest BCUT2D eigenvalue weighted by Gasteiger charge is 2.43. The quantitative estimate of drug-likeness (QED) is 0.0242. The number of rotatable bonds is 24. The van der Waals surface area contributed by atoms with Crippen molar-refractivity contribution in [2.75, 3.05) is 37.9 Å². The fraction of sp³-hybridized carbons (Fsp3) is 0.396. The molecule has 0 bridgehead atoms. The van der Waals surface area contributed by atoms with Crippen LogP contribution >= 0.6 is 11.8 Å². The van der Waals surface area contributed by atoms with Crippen molar-refractivity contribution >= 4 is 94.8 Å². The van der Waals surface area contributed by atoms with Crippen LogP contribution in [0.5, 0.6) is 34.5 Å². The highest BCUT2D eigenvalue weighted by Crippen LogP contribution is 2.46. The molecule has 2 unspecified atom stereocenters. The van der Waals surface area contributed by atoms with E-state index >= 15 is 0 Å². The first-order valence-corrected chi connectivity index (χ1v) is 45.6. The van der Waals surface area contributed by atoms with Crippen LogP contribution in [0.2, 0.25) is 0 Å². The molecule has 6 N–H and O–H groups in total. The Morgan fingerprint density at radius 3 is 0.913 bits per heavy atom. The maximum absolute atomic E-state index is 12.9. The predicted octanol–water partition coefficient (Wildman–Crippen LogP) is 24.6. The van der Waals surface area contributed by atoms with E-state index in [-0.39, 0.29) is 84.7 Å². The van der Waals surface area contributed by atoms with Gasteiger partial charge in [-0.15, -0.1) is 0 Å². The van der Waals surface area contributed by atoms with Crippen molar-refractivity contribution in [3.63, 3.8) is 0 Å². The van der Waals surface area contributed by atoms with E-state index in [1.54, 1.807) is 121 Å². The molecule has 6 aliphatic rings.